The number of nitrogens with zero attached hydrogens (tertiary/aromatic N) is 7. The quantitative estimate of drug-likeness (QED) is 0.320. The zero-order valence-corrected chi connectivity index (χ0v) is 22.4. The van der Waals surface area contributed by atoms with Gasteiger partial charge in [0.15, 0.2) is 23.0 Å². The summed E-state index contributed by atoms with van der Waals surface area (Å²) in [4.78, 5) is 21.4. The summed E-state index contributed by atoms with van der Waals surface area (Å²) in [6.45, 7) is 5.54. The molecule has 12 heteroatoms. The standard InChI is InChI=1S/C27H27ClN8O3/c1-3-36-25-19(16-31-36)23-18(15-30-25)26(34-8-10-35(11-9-34)27(37)22-5-4-12-39-22)33-32-24(23)29-14-17-6-7-21(38-2)20(28)13-17/h4-7,12-13,15-16H,3,8-11,14H2,1-2H3,(H,29,32). The minimum Gasteiger partial charge on any atom is -0.495 e. The summed E-state index contributed by atoms with van der Waals surface area (Å²) in [5.74, 6) is 2.23. The number of carbonyl (C=O) groups is 1. The van der Waals surface area contributed by atoms with E-state index >= 15 is 0 Å². The van der Waals surface area contributed by atoms with Crippen molar-refractivity contribution in [3.05, 3.63) is 65.3 Å². The summed E-state index contributed by atoms with van der Waals surface area (Å²) in [5, 5.41) is 20.4. The zero-order chi connectivity index (χ0) is 26.9. The number of carbonyl (C=O) groups excluding carboxylic acids is 1. The molecule has 11 nitrogen and oxygen atoms in total. The van der Waals surface area contributed by atoms with Gasteiger partial charge >= 0.3 is 0 Å². The number of fused-ring (bicyclic) bond motifs is 3. The van der Waals surface area contributed by atoms with Crippen LogP contribution in [0.3, 0.4) is 0 Å². The minimum absolute atomic E-state index is 0.107. The lowest BCUT2D eigenvalue weighted by Gasteiger charge is -2.35. The second kappa shape index (κ2) is 10.4. The fourth-order valence-electron chi connectivity index (χ4n) is 4.92. The SMILES string of the molecule is CCn1ncc2c3c(NCc4ccc(OC)c(Cl)c4)nnc(N4CCN(C(=O)c5ccco5)CC4)c3cnc21. The van der Waals surface area contributed by atoms with E-state index in [0.717, 1.165) is 33.2 Å². The van der Waals surface area contributed by atoms with Crippen molar-refractivity contribution in [3.8, 4) is 5.75 Å². The van der Waals surface area contributed by atoms with Gasteiger partial charge in [0.25, 0.3) is 5.91 Å². The molecule has 0 unspecified atom stereocenters. The molecular weight excluding hydrogens is 520 g/mol. The lowest BCUT2D eigenvalue weighted by atomic mass is 10.1. The molecule has 5 heterocycles. The molecule has 0 aliphatic carbocycles. The molecule has 1 aliphatic heterocycles. The second-order valence-electron chi connectivity index (χ2n) is 9.20. The van der Waals surface area contributed by atoms with E-state index in [4.69, 9.17) is 25.7 Å². The average Bonchev–Trinajstić information content (AvgIpc) is 3.66. The first-order valence-electron chi connectivity index (χ1n) is 12.7. The Balaban J connectivity index is 1.32. The van der Waals surface area contributed by atoms with Gasteiger partial charge in [-0.05, 0) is 36.8 Å². The van der Waals surface area contributed by atoms with Gasteiger partial charge < -0.3 is 24.3 Å². The van der Waals surface area contributed by atoms with Gasteiger partial charge in [0.05, 0.1) is 30.0 Å². The molecule has 1 fully saturated rings. The van der Waals surface area contributed by atoms with Crippen LogP contribution in [0.5, 0.6) is 5.75 Å². The molecule has 0 atom stereocenters. The van der Waals surface area contributed by atoms with Crippen LogP contribution in [0.15, 0.2) is 53.4 Å². The number of ether oxygens (including phenoxy) is 1. The van der Waals surface area contributed by atoms with Crippen LogP contribution in [0, 0.1) is 0 Å². The Hall–Kier alpha value is -4.38. The van der Waals surface area contributed by atoms with Crippen molar-refractivity contribution >= 4 is 50.9 Å². The van der Waals surface area contributed by atoms with Gasteiger partial charge in [0, 0.05) is 56.2 Å². The van der Waals surface area contributed by atoms with Gasteiger partial charge in [0.2, 0.25) is 0 Å². The van der Waals surface area contributed by atoms with Crippen LogP contribution < -0.4 is 15.0 Å². The van der Waals surface area contributed by atoms with E-state index in [1.54, 1.807) is 24.1 Å². The Bertz CT molecular complexity index is 1640. The Morgan fingerprint density at radius 3 is 2.69 bits per heavy atom. The van der Waals surface area contributed by atoms with Crippen molar-refractivity contribution in [1.29, 1.82) is 0 Å². The fraction of sp³-hybridized carbons (Fsp3) is 0.296. The highest BCUT2D eigenvalue weighted by molar-refractivity contribution is 6.32. The molecule has 0 radical (unpaired) electrons. The minimum atomic E-state index is -0.107. The van der Waals surface area contributed by atoms with E-state index in [2.05, 4.69) is 25.5 Å². The summed E-state index contributed by atoms with van der Waals surface area (Å²) in [6.07, 6.45) is 5.18. The number of methoxy groups -OCH3 is 1. The first-order valence-corrected chi connectivity index (χ1v) is 13.1. The highest BCUT2D eigenvalue weighted by Crippen LogP contribution is 2.34. The predicted octanol–water partition coefficient (Wildman–Crippen LogP) is 4.22. The third-order valence-corrected chi connectivity index (χ3v) is 7.26. The highest BCUT2D eigenvalue weighted by Gasteiger charge is 2.27. The van der Waals surface area contributed by atoms with Crippen LogP contribution in [-0.4, -0.2) is 69.1 Å². The third-order valence-electron chi connectivity index (χ3n) is 6.96. The lowest BCUT2D eigenvalue weighted by Crippen LogP contribution is -2.49. The van der Waals surface area contributed by atoms with E-state index in [1.807, 2.05) is 42.2 Å². The summed E-state index contributed by atoms with van der Waals surface area (Å²) >= 11 is 6.33. The smallest absolute Gasteiger partial charge is 0.289 e. The Morgan fingerprint density at radius 1 is 1.13 bits per heavy atom. The van der Waals surface area contributed by atoms with Gasteiger partial charge in [0.1, 0.15) is 5.75 Å². The third kappa shape index (κ3) is 4.59. The van der Waals surface area contributed by atoms with Crippen LogP contribution in [0.4, 0.5) is 11.6 Å². The molecule has 1 saturated heterocycles. The number of anilines is 2. The van der Waals surface area contributed by atoms with E-state index < -0.39 is 0 Å². The highest BCUT2D eigenvalue weighted by atomic mass is 35.5. The molecular formula is C27H27ClN8O3. The maximum atomic E-state index is 12.7. The number of amides is 1. The molecule has 5 aromatic rings. The van der Waals surface area contributed by atoms with Gasteiger partial charge in [-0.25, -0.2) is 9.67 Å². The van der Waals surface area contributed by atoms with Crippen LogP contribution in [0.1, 0.15) is 23.0 Å². The molecule has 1 amide bonds. The number of piperazine rings is 1. The van der Waals surface area contributed by atoms with Gasteiger partial charge in [-0.3, -0.25) is 4.79 Å². The Labute approximate surface area is 229 Å². The van der Waals surface area contributed by atoms with Crippen molar-refractivity contribution in [2.24, 2.45) is 0 Å². The van der Waals surface area contributed by atoms with E-state index in [0.29, 0.717) is 61.6 Å². The van der Waals surface area contributed by atoms with Crippen LogP contribution in [-0.2, 0) is 13.1 Å². The van der Waals surface area contributed by atoms with Crippen molar-refractivity contribution in [2.45, 2.75) is 20.0 Å². The summed E-state index contributed by atoms with van der Waals surface area (Å²) in [7, 11) is 1.59. The molecule has 4 aromatic heterocycles. The summed E-state index contributed by atoms with van der Waals surface area (Å²) < 4.78 is 12.4. The van der Waals surface area contributed by atoms with E-state index in [-0.39, 0.29) is 5.91 Å². The van der Waals surface area contributed by atoms with Gasteiger partial charge in [-0.15, -0.1) is 10.2 Å². The molecule has 0 saturated carbocycles. The van der Waals surface area contributed by atoms with Crippen LogP contribution in [0.25, 0.3) is 21.8 Å². The molecule has 1 aromatic carbocycles. The van der Waals surface area contributed by atoms with Crippen molar-refractivity contribution < 1.29 is 13.9 Å². The normalized spacial score (nSPS) is 13.8. The number of furan rings is 1. The van der Waals surface area contributed by atoms with Gasteiger partial charge in [-0.2, -0.15) is 5.10 Å². The number of benzene rings is 1. The van der Waals surface area contributed by atoms with E-state index in [9.17, 15) is 4.79 Å². The Morgan fingerprint density at radius 2 is 1.97 bits per heavy atom. The molecule has 6 rings (SSSR count). The number of hydrogen-bond acceptors (Lipinski definition) is 9. The molecule has 0 spiro atoms. The number of rotatable bonds is 7. The van der Waals surface area contributed by atoms with Crippen molar-refractivity contribution in [3.63, 3.8) is 0 Å². The number of hydrogen-bond donors (Lipinski definition) is 1. The maximum Gasteiger partial charge on any atom is 0.289 e. The van der Waals surface area contributed by atoms with Crippen LogP contribution in [0.2, 0.25) is 5.02 Å². The van der Waals surface area contributed by atoms with Crippen molar-refractivity contribution in [2.75, 3.05) is 43.5 Å². The second-order valence-corrected chi connectivity index (χ2v) is 9.60. The predicted molar refractivity (Wildman–Crippen MR) is 148 cm³/mol. The molecule has 0 bridgehead atoms. The largest absolute Gasteiger partial charge is 0.495 e. The summed E-state index contributed by atoms with van der Waals surface area (Å²) in [6, 6.07) is 9.08. The van der Waals surface area contributed by atoms with Crippen molar-refractivity contribution in [1.82, 2.24) is 29.9 Å². The number of nitrogens with one attached hydrogen (secondary N) is 1. The Kier molecular flexibility index (Phi) is 6.65. The molecule has 200 valence electrons. The average molecular weight is 547 g/mol. The topological polar surface area (TPSA) is 114 Å². The number of pyridine rings is 1. The van der Waals surface area contributed by atoms with Crippen LogP contribution >= 0.6 is 11.6 Å². The fourth-order valence-corrected chi connectivity index (χ4v) is 5.20. The molecule has 1 aliphatic rings. The number of aryl methyl sites for hydroxylation is 1. The zero-order valence-electron chi connectivity index (χ0n) is 21.6. The lowest BCUT2D eigenvalue weighted by molar-refractivity contribution is 0.0714. The summed E-state index contributed by atoms with van der Waals surface area (Å²) in [5.41, 5.74) is 1.76. The number of halogens is 1. The molecule has 1 N–H and O–H groups in total. The first kappa shape index (κ1) is 24.9. The maximum absolute atomic E-state index is 12.7. The first-order chi connectivity index (χ1) is 19.1. The molecule has 39 heavy (non-hydrogen) atoms. The van der Waals surface area contributed by atoms with E-state index in [1.165, 1.54) is 6.26 Å². The monoisotopic (exact) mass is 546 g/mol. The van der Waals surface area contributed by atoms with Gasteiger partial charge in [-0.1, -0.05) is 17.7 Å². The number of aromatic nitrogens is 5.